The third-order valence-corrected chi connectivity index (χ3v) is 14.2. The number of benzene rings is 1. The van der Waals surface area contributed by atoms with Gasteiger partial charge in [-0.15, -0.1) is 0 Å². The van der Waals surface area contributed by atoms with Crippen LogP contribution >= 0.6 is 74.7 Å². The van der Waals surface area contributed by atoms with Crippen LogP contribution in [-0.2, 0) is 0 Å². The molecule has 1 aliphatic rings. The number of halogens is 5. The van der Waals surface area contributed by atoms with Gasteiger partial charge in [-0.3, -0.25) is 0 Å². The second kappa shape index (κ2) is 5.75. The van der Waals surface area contributed by atoms with Crippen LogP contribution in [0.5, 0.6) is 0 Å². The molecule has 1 aliphatic heterocycles. The lowest BCUT2D eigenvalue weighted by Crippen LogP contribution is -1.90. The first kappa shape index (κ1) is 16.5. The molecule has 0 saturated heterocycles. The molecule has 2 rings (SSSR count). The van der Waals surface area contributed by atoms with E-state index < -0.39 is 18.5 Å². The Morgan fingerprint density at radius 1 is 0.842 bits per heavy atom. The molecule has 0 saturated carbocycles. The van der Waals surface area contributed by atoms with Crippen LogP contribution in [0.15, 0.2) is 37.8 Å². The zero-order valence-corrected chi connectivity index (χ0v) is 15.8. The molecule has 1 aromatic carbocycles. The molecule has 1 N–H and O–H groups in total. The lowest BCUT2D eigenvalue weighted by atomic mass is 10.2. The maximum atomic E-state index is 6.34. The third-order valence-electron chi connectivity index (χ3n) is 1.99. The van der Waals surface area contributed by atoms with Crippen LogP contribution in [0.2, 0.25) is 0 Å². The highest BCUT2D eigenvalue weighted by Crippen LogP contribution is 2.86. The molecular formula is C7H8Cl5N4P3. The van der Waals surface area contributed by atoms with Crippen LogP contribution in [0.3, 0.4) is 0 Å². The fraction of sp³-hybridized carbons (Fsp3) is 0.143. The molecular weight excluding hydrogens is 410 g/mol. The van der Waals surface area contributed by atoms with Crippen LogP contribution < -0.4 is 5.09 Å². The Morgan fingerprint density at radius 2 is 1.37 bits per heavy atom. The Balaban J connectivity index is 2.44. The zero-order chi connectivity index (χ0) is 14.3. The molecule has 1 atom stereocenters. The van der Waals surface area contributed by atoms with Gasteiger partial charge in [-0.2, -0.15) is 13.5 Å². The van der Waals surface area contributed by atoms with Crippen molar-refractivity contribution in [1.29, 1.82) is 0 Å². The summed E-state index contributed by atoms with van der Waals surface area (Å²) >= 11 is 30.3. The minimum absolute atomic E-state index is 0.741. The van der Waals surface area contributed by atoms with Crippen molar-refractivity contribution >= 4 is 80.4 Å². The van der Waals surface area contributed by atoms with Gasteiger partial charge in [-0.05, 0) is 75.3 Å². The summed E-state index contributed by atoms with van der Waals surface area (Å²) < 4.78 is 12.0. The van der Waals surface area contributed by atoms with Crippen LogP contribution in [0, 0.1) is 6.92 Å². The monoisotopic (exact) mass is 416 g/mol. The van der Waals surface area contributed by atoms with Gasteiger partial charge < -0.3 is 5.09 Å². The summed E-state index contributed by atoms with van der Waals surface area (Å²) in [6, 6.07) is 7.55. The first-order chi connectivity index (χ1) is 8.59. The van der Waals surface area contributed by atoms with Crippen molar-refractivity contribution in [2.45, 2.75) is 6.92 Å². The summed E-state index contributed by atoms with van der Waals surface area (Å²) in [6.45, 7) is -0.916. The van der Waals surface area contributed by atoms with Crippen molar-refractivity contribution in [3.8, 4) is 0 Å². The molecule has 0 amide bonds. The Bertz CT molecular complexity index is 650. The van der Waals surface area contributed by atoms with Gasteiger partial charge in [0.15, 0.2) is 0 Å². The van der Waals surface area contributed by atoms with Crippen molar-refractivity contribution in [3.63, 3.8) is 0 Å². The summed E-state index contributed by atoms with van der Waals surface area (Å²) in [7, 11) is 0. The van der Waals surface area contributed by atoms with E-state index in [0.717, 1.165) is 11.3 Å². The number of hydrogen-bond acceptors (Lipinski definition) is 4. The first-order valence-corrected chi connectivity index (χ1v) is 14.4. The predicted molar refractivity (Wildman–Crippen MR) is 92.1 cm³/mol. The number of rotatable bonds is 2. The second-order valence-corrected chi connectivity index (χ2v) is 17.0. The van der Waals surface area contributed by atoms with Gasteiger partial charge in [0.05, 0.1) is 0 Å². The molecule has 19 heavy (non-hydrogen) atoms. The first-order valence-electron chi connectivity index (χ1n) is 4.84. The zero-order valence-electron chi connectivity index (χ0n) is 9.38. The van der Waals surface area contributed by atoms with Crippen molar-refractivity contribution < 1.29 is 0 Å². The van der Waals surface area contributed by atoms with E-state index in [2.05, 4.69) is 18.6 Å². The molecule has 1 aromatic rings. The van der Waals surface area contributed by atoms with Crippen LogP contribution in [0.4, 0.5) is 5.69 Å². The molecule has 0 aliphatic carbocycles. The highest BCUT2D eigenvalue weighted by molar-refractivity contribution is 8.22. The summed E-state index contributed by atoms with van der Waals surface area (Å²) in [5, 5.41) is 3.00. The Morgan fingerprint density at radius 3 is 1.89 bits per heavy atom. The van der Waals surface area contributed by atoms with Crippen molar-refractivity contribution in [2.24, 2.45) is 13.5 Å². The van der Waals surface area contributed by atoms with Gasteiger partial charge in [-0.25, -0.2) is 0 Å². The van der Waals surface area contributed by atoms with E-state index in [0.29, 0.717) is 0 Å². The average molecular weight is 418 g/mol. The molecule has 1 unspecified atom stereocenters. The van der Waals surface area contributed by atoms with Crippen LogP contribution in [-0.4, -0.2) is 0 Å². The van der Waals surface area contributed by atoms with E-state index >= 15 is 0 Å². The number of hydrogen-bond donors (Lipinski definition) is 1. The molecule has 12 heteroatoms. The molecule has 0 radical (unpaired) electrons. The fourth-order valence-corrected chi connectivity index (χ4v) is 18.4. The Labute approximate surface area is 135 Å². The predicted octanol–water partition coefficient (Wildman–Crippen LogP) is 8.45. The number of nitrogens with one attached hydrogen (secondary N) is 1. The summed E-state index contributed by atoms with van der Waals surface area (Å²) in [5.74, 6) is -5.97. The van der Waals surface area contributed by atoms with Crippen LogP contribution in [0.25, 0.3) is 0 Å². The smallest absolute Gasteiger partial charge is 0.261 e. The van der Waals surface area contributed by atoms with Gasteiger partial charge in [-0.1, -0.05) is 17.7 Å². The van der Waals surface area contributed by atoms with Crippen LogP contribution in [0.1, 0.15) is 5.56 Å². The van der Waals surface area contributed by atoms with E-state index in [1.807, 2.05) is 31.2 Å². The van der Waals surface area contributed by atoms with Crippen molar-refractivity contribution in [2.75, 3.05) is 5.09 Å². The van der Waals surface area contributed by atoms with Gasteiger partial charge in [0.2, 0.25) is 0 Å². The Hall–Kier alpha value is 1.16. The van der Waals surface area contributed by atoms with E-state index in [1.165, 1.54) is 0 Å². The molecule has 1 heterocycles. The van der Waals surface area contributed by atoms with Crippen molar-refractivity contribution in [3.05, 3.63) is 29.8 Å². The SMILES string of the molecule is Cc1ccc(NP2(Cl)=NP(Cl)(Cl)=NP(Cl)(Cl)=N2)cc1. The van der Waals surface area contributed by atoms with Gasteiger partial charge >= 0.3 is 0 Å². The minimum Gasteiger partial charge on any atom is -0.323 e. The molecule has 0 bridgehead atoms. The molecule has 0 fully saturated rings. The van der Waals surface area contributed by atoms with Gasteiger partial charge in [0.1, 0.15) is 0 Å². The number of aryl methyl sites for hydroxylation is 1. The van der Waals surface area contributed by atoms with E-state index in [9.17, 15) is 0 Å². The lowest BCUT2D eigenvalue weighted by Gasteiger charge is -2.22. The molecule has 106 valence electrons. The van der Waals surface area contributed by atoms with E-state index in [1.54, 1.807) is 0 Å². The summed E-state index contributed by atoms with van der Waals surface area (Å²) in [5.41, 5.74) is 1.86. The average Bonchev–Trinajstić information content (AvgIpc) is 2.15. The minimum atomic E-state index is -2.99. The standard InChI is InChI=1S/C7H8Cl5N4P3/c1-6-2-4-7(5-3-6)13-19(12)15-17(8,9)14-18(10,11)16-19/h2-5,13H,1H3. The largest absolute Gasteiger partial charge is 0.323 e. The van der Waals surface area contributed by atoms with E-state index in [-0.39, 0.29) is 0 Å². The summed E-state index contributed by atoms with van der Waals surface area (Å²) in [4.78, 5) is 0. The second-order valence-electron chi connectivity index (χ2n) is 3.68. The highest BCUT2D eigenvalue weighted by atomic mass is 35.9. The third kappa shape index (κ3) is 4.83. The fourth-order valence-electron chi connectivity index (χ4n) is 1.31. The lowest BCUT2D eigenvalue weighted by molar-refractivity contribution is 1.47. The molecule has 0 aromatic heterocycles. The van der Waals surface area contributed by atoms with Gasteiger partial charge in [0.25, 0.3) is 18.5 Å². The maximum absolute atomic E-state index is 6.34. The number of nitrogens with zero attached hydrogens (tertiary/aromatic N) is 3. The normalized spacial score (nSPS) is 27.7. The molecule has 4 nitrogen and oxygen atoms in total. The number of anilines is 1. The van der Waals surface area contributed by atoms with E-state index in [4.69, 9.17) is 56.2 Å². The molecule has 0 spiro atoms. The summed E-state index contributed by atoms with van der Waals surface area (Å²) in [6.07, 6.45) is 0. The van der Waals surface area contributed by atoms with Gasteiger partial charge in [0, 0.05) is 5.69 Å². The highest BCUT2D eigenvalue weighted by Gasteiger charge is 2.32. The van der Waals surface area contributed by atoms with Crippen molar-refractivity contribution in [1.82, 2.24) is 0 Å². The Kier molecular flexibility index (Phi) is 5.00. The quantitative estimate of drug-likeness (QED) is 0.481. The maximum Gasteiger partial charge on any atom is 0.261 e. The topological polar surface area (TPSA) is 49.1 Å².